The van der Waals surface area contributed by atoms with Crippen molar-refractivity contribution in [2.75, 3.05) is 11.1 Å². The summed E-state index contributed by atoms with van der Waals surface area (Å²) in [4.78, 5) is 35.7. The number of amides is 2. The maximum absolute atomic E-state index is 12.3. The van der Waals surface area contributed by atoms with Gasteiger partial charge in [0.1, 0.15) is 18.1 Å². The Bertz CT molecular complexity index is 595. The van der Waals surface area contributed by atoms with E-state index in [4.69, 9.17) is 5.11 Å². The van der Waals surface area contributed by atoms with Gasteiger partial charge in [-0.3, -0.25) is 9.59 Å². The van der Waals surface area contributed by atoms with Crippen LogP contribution in [0.15, 0.2) is 30.3 Å². The van der Waals surface area contributed by atoms with Crippen LogP contribution in [0.5, 0.6) is 0 Å². The van der Waals surface area contributed by atoms with Crippen molar-refractivity contribution in [2.24, 2.45) is 5.92 Å². The number of thiol groups is 1. The average molecular weight is 367 g/mol. The molecule has 7 nitrogen and oxygen atoms in total. The van der Waals surface area contributed by atoms with Gasteiger partial charge in [0.05, 0.1) is 0 Å². The van der Waals surface area contributed by atoms with Gasteiger partial charge in [0.15, 0.2) is 0 Å². The second-order valence-electron chi connectivity index (χ2n) is 6.04. The molecule has 25 heavy (non-hydrogen) atoms. The standard InChI is InChI=1S/C17H25N3O4S/c1-10(2)14(17(23)24)20-16(22)13(9-25)19-15(21)11(3)18-12-7-5-4-6-8-12/h4-8,10-11,13-14,18,25H,9H2,1-3H3,(H,19,21)(H,20,22)(H,23,24)/t11-,13+,14-/m1/s1. The number of carbonyl (C=O) groups excluding carboxylic acids is 2. The maximum atomic E-state index is 12.3. The Morgan fingerprint density at radius 1 is 1.04 bits per heavy atom. The number of para-hydroxylation sites is 1. The number of hydrogen-bond acceptors (Lipinski definition) is 5. The summed E-state index contributed by atoms with van der Waals surface area (Å²) in [6.45, 7) is 5.06. The van der Waals surface area contributed by atoms with Crippen molar-refractivity contribution in [3.8, 4) is 0 Å². The predicted molar refractivity (Wildman–Crippen MR) is 99.7 cm³/mol. The van der Waals surface area contributed by atoms with E-state index in [0.29, 0.717) is 0 Å². The van der Waals surface area contributed by atoms with Crippen LogP contribution in [0.3, 0.4) is 0 Å². The number of nitrogens with one attached hydrogen (secondary N) is 3. The molecule has 0 aromatic heterocycles. The minimum absolute atomic E-state index is 0.0556. The number of carboxylic acid groups (broad SMARTS) is 1. The highest BCUT2D eigenvalue weighted by molar-refractivity contribution is 7.80. The molecule has 0 aliphatic rings. The molecule has 1 aromatic carbocycles. The van der Waals surface area contributed by atoms with Crippen molar-refractivity contribution in [3.05, 3.63) is 30.3 Å². The van der Waals surface area contributed by atoms with E-state index in [0.717, 1.165) is 5.69 Å². The van der Waals surface area contributed by atoms with Crippen molar-refractivity contribution in [1.29, 1.82) is 0 Å². The Kier molecular flexibility index (Phi) is 8.27. The van der Waals surface area contributed by atoms with Crippen LogP contribution in [0.4, 0.5) is 5.69 Å². The number of carboxylic acids is 1. The molecular weight excluding hydrogens is 342 g/mol. The SMILES string of the molecule is CC(C)[C@@H](NC(=O)[C@H](CS)NC(=O)[C@@H](C)Nc1ccccc1)C(=O)O. The molecule has 1 rings (SSSR count). The summed E-state index contributed by atoms with van der Waals surface area (Å²) in [6, 6.07) is 6.69. The van der Waals surface area contributed by atoms with Gasteiger partial charge in [-0.15, -0.1) is 0 Å². The van der Waals surface area contributed by atoms with E-state index >= 15 is 0 Å². The van der Waals surface area contributed by atoms with Crippen molar-refractivity contribution >= 4 is 36.1 Å². The highest BCUT2D eigenvalue weighted by atomic mass is 32.1. The lowest BCUT2D eigenvalue weighted by Crippen LogP contribution is -2.55. The molecule has 138 valence electrons. The number of aliphatic carboxylic acids is 1. The van der Waals surface area contributed by atoms with E-state index in [1.54, 1.807) is 20.8 Å². The molecule has 0 saturated heterocycles. The summed E-state index contributed by atoms with van der Waals surface area (Å²) in [5.41, 5.74) is 0.780. The third-order valence-corrected chi connectivity index (χ3v) is 3.96. The highest BCUT2D eigenvalue weighted by Crippen LogP contribution is 2.07. The van der Waals surface area contributed by atoms with Gasteiger partial charge in [-0.05, 0) is 25.0 Å². The Hall–Kier alpha value is -2.22. The van der Waals surface area contributed by atoms with Crippen LogP contribution in [0.2, 0.25) is 0 Å². The Morgan fingerprint density at radius 3 is 2.12 bits per heavy atom. The van der Waals surface area contributed by atoms with Crippen LogP contribution >= 0.6 is 12.6 Å². The minimum Gasteiger partial charge on any atom is -0.480 e. The van der Waals surface area contributed by atoms with Gasteiger partial charge in [-0.2, -0.15) is 12.6 Å². The second kappa shape index (κ2) is 9.93. The fourth-order valence-corrected chi connectivity index (χ4v) is 2.37. The first kappa shape index (κ1) is 20.8. The van der Waals surface area contributed by atoms with E-state index in [-0.39, 0.29) is 17.6 Å². The summed E-state index contributed by atoms with van der Waals surface area (Å²) in [7, 11) is 0. The first-order chi connectivity index (χ1) is 11.8. The lowest BCUT2D eigenvalue weighted by molar-refractivity contribution is -0.143. The Balaban J connectivity index is 2.65. The van der Waals surface area contributed by atoms with Crippen molar-refractivity contribution in [1.82, 2.24) is 10.6 Å². The molecule has 3 atom stereocenters. The first-order valence-corrected chi connectivity index (χ1v) is 8.65. The fourth-order valence-electron chi connectivity index (χ4n) is 2.11. The van der Waals surface area contributed by atoms with Crippen LogP contribution in [0.1, 0.15) is 20.8 Å². The van der Waals surface area contributed by atoms with Gasteiger partial charge in [-0.1, -0.05) is 32.0 Å². The molecule has 1 aromatic rings. The molecule has 0 aliphatic heterocycles. The molecular formula is C17H25N3O4S. The zero-order valence-corrected chi connectivity index (χ0v) is 15.4. The lowest BCUT2D eigenvalue weighted by Gasteiger charge is -2.23. The van der Waals surface area contributed by atoms with Gasteiger partial charge >= 0.3 is 5.97 Å². The van der Waals surface area contributed by atoms with E-state index in [2.05, 4.69) is 28.6 Å². The molecule has 8 heteroatoms. The normalized spacial score (nSPS) is 14.3. The molecule has 0 saturated carbocycles. The molecule has 4 N–H and O–H groups in total. The summed E-state index contributed by atoms with van der Waals surface area (Å²) < 4.78 is 0. The van der Waals surface area contributed by atoms with E-state index < -0.39 is 30.0 Å². The topological polar surface area (TPSA) is 108 Å². The fraction of sp³-hybridized carbons (Fsp3) is 0.471. The van der Waals surface area contributed by atoms with Crippen LogP contribution in [0, 0.1) is 5.92 Å². The third-order valence-electron chi connectivity index (χ3n) is 3.60. The summed E-state index contributed by atoms with van der Waals surface area (Å²) in [6.07, 6.45) is 0. The number of hydrogen-bond donors (Lipinski definition) is 5. The zero-order chi connectivity index (χ0) is 19.0. The molecule has 0 unspecified atom stereocenters. The van der Waals surface area contributed by atoms with E-state index in [9.17, 15) is 14.4 Å². The number of rotatable bonds is 9. The Morgan fingerprint density at radius 2 is 1.64 bits per heavy atom. The zero-order valence-electron chi connectivity index (χ0n) is 14.5. The van der Waals surface area contributed by atoms with Crippen molar-refractivity contribution < 1.29 is 19.5 Å². The van der Waals surface area contributed by atoms with Crippen LogP contribution < -0.4 is 16.0 Å². The second-order valence-corrected chi connectivity index (χ2v) is 6.41. The number of carbonyl (C=O) groups is 3. The van der Waals surface area contributed by atoms with Crippen molar-refractivity contribution in [3.63, 3.8) is 0 Å². The van der Waals surface area contributed by atoms with E-state index in [1.165, 1.54) is 0 Å². The molecule has 2 amide bonds. The summed E-state index contributed by atoms with van der Waals surface area (Å²) in [5, 5.41) is 17.2. The van der Waals surface area contributed by atoms with Crippen LogP contribution in [0.25, 0.3) is 0 Å². The summed E-state index contributed by atoms with van der Waals surface area (Å²) in [5.74, 6) is -2.30. The van der Waals surface area contributed by atoms with Crippen LogP contribution in [-0.2, 0) is 14.4 Å². The van der Waals surface area contributed by atoms with Gasteiger partial charge in [-0.25, -0.2) is 4.79 Å². The highest BCUT2D eigenvalue weighted by Gasteiger charge is 2.28. The van der Waals surface area contributed by atoms with Crippen molar-refractivity contribution in [2.45, 2.75) is 38.9 Å². The predicted octanol–water partition coefficient (Wildman–Crippen LogP) is 1.13. The largest absolute Gasteiger partial charge is 0.480 e. The minimum atomic E-state index is -1.12. The smallest absolute Gasteiger partial charge is 0.326 e. The van der Waals surface area contributed by atoms with Gasteiger partial charge in [0.2, 0.25) is 11.8 Å². The monoisotopic (exact) mass is 367 g/mol. The molecule has 0 fully saturated rings. The Labute approximate surface area is 153 Å². The lowest BCUT2D eigenvalue weighted by atomic mass is 10.0. The average Bonchev–Trinajstić information content (AvgIpc) is 2.57. The third kappa shape index (κ3) is 6.66. The molecule has 0 bridgehead atoms. The summed E-state index contributed by atoms with van der Waals surface area (Å²) >= 11 is 4.08. The molecule has 0 radical (unpaired) electrons. The first-order valence-electron chi connectivity index (χ1n) is 8.02. The van der Waals surface area contributed by atoms with Gasteiger partial charge in [0, 0.05) is 11.4 Å². The van der Waals surface area contributed by atoms with Crippen LogP contribution in [-0.4, -0.2) is 46.8 Å². The number of anilines is 1. The quantitative estimate of drug-likeness (QED) is 0.421. The molecule has 0 heterocycles. The van der Waals surface area contributed by atoms with Gasteiger partial charge in [0.25, 0.3) is 0 Å². The number of benzene rings is 1. The van der Waals surface area contributed by atoms with E-state index in [1.807, 2.05) is 30.3 Å². The van der Waals surface area contributed by atoms with Gasteiger partial charge < -0.3 is 21.1 Å². The molecule has 0 spiro atoms. The molecule has 0 aliphatic carbocycles. The maximum Gasteiger partial charge on any atom is 0.326 e.